The van der Waals surface area contributed by atoms with E-state index in [0.29, 0.717) is 0 Å². The Labute approximate surface area is 260 Å². The molecule has 0 radical (unpaired) electrons. The molecule has 0 aliphatic carbocycles. The number of H-pyrrole nitrogens is 2. The lowest BCUT2D eigenvalue weighted by molar-refractivity contribution is 0.128. The highest BCUT2D eigenvalue weighted by atomic mass is 16.5. The van der Waals surface area contributed by atoms with E-state index < -0.39 is 0 Å². The Hall–Kier alpha value is -3.96. The van der Waals surface area contributed by atoms with Gasteiger partial charge in [-0.1, -0.05) is 24.3 Å². The van der Waals surface area contributed by atoms with Crippen molar-refractivity contribution >= 4 is 22.1 Å². The number of nitrogens with zero attached hydrogens (tertiary/aromatic N) is 6. The summed E-state index contributed by atoms with van der Waals surface area (Å²) in [6.45, 7) is 3.35. The molecule has 2 aromatic heterocycles. The number of aromatic nitrogens is 4. The van der Waals surface area contributed by atoms with Crippen LogP contribution in [-0.2, 0) is 0 Å². The average Bonchev–Trinajstić information content (AvgIpc) is 3.55. The lowest BCUT2D eigenvalue weighted by atomic mass is 10.1. The molecular weight excluding hydrogens is 552 g/mol. The number of benzene rings is 3. The van der Waals surface area contributed by atoms with Crippen molar-refractivity contribution in [2.45, 2.75) is 12.2 Å². The first-order valence-electron chi connectivity index (χ1n) is 15.0. The molecule has 5 rings (SSSR count). The molecule has 3 aromatic carbocycles. The molecule has 10 nitrogen and oxygen atoms in total. The van der Waals surface area contributed by atoms with E-state index in [2.05, 4.69) is 110 Å². The lowest BCUT2D eigenvalue weighted by Crippen LogP contribution is -2.38. The van der Waals surface area contributed by atoms with Crippen molar-refractivity contribution in [1.82, 2.24) is 39.5 Å². The average molecular weight is 599 g/mol. The SMILES string of the molecule is CN(C)CC(CN(C)C)Oc1ccc2nc(-c3ccc(-c4nc5ccc(OC(CN(C)C)CN(C)C)cc5[nH]4)cc3)[nH]c2c1. The molecule has 0 amide bonds. The van der Waals surface area contributed by atoms with E-state index in [4.69, 9.17) is 19.4 Å². The topological polar surface area (TPSA) is 88.8 Å². The number of ether oxygens (including phenoxy) is 2. The molecule has 0 aliphatic heterocycles. The van der Waals surface area contributed by atoms with Gasteiger partial charge >= 0.3 is 0 Å². The zero-order valence-corrected chi connectivity index (χ0v) is 27.3. The lowest BCUT2D eigenvalue weighted by Gasteiger charge is -2.25. The number of aromatic amines is 2. The van der Waals surface area contributed by atoms with Gasteiger partial charge in [-0.3, -0.25) is 0 Å². The molecule has 44 heavy (non-hydrogen) atoms. The summed E-state index contributed by atoms with van der Waals surface area (Å²) in [5.74, 6) is 3.30. The van der Waals surface area contributed by atoms with Gasteiger partial charge in [0.05, 0.1) is 22.1 Å². The van der Waals surface area contributed by atoms with Crippen molar-refractivity contribution in [3.63, 3.8) is 0 Å². The van der Waals surface area contributed by atoms with Gasteiger partial charge in [0, 0.05) is 49.4 Å². The molecule has 0 bridgehead atoms. The van der Waals surface area contributed by atoms with Gasteiger partial charge in [0.25, 0.3) is 0 Å². The largest absolute Gasteiger partial charge is 0.488 e. The summed E-state index contributed by atoms with van der Waals surface area (Å²) < 4.78 is 12.7. The molecule has 0 atom stereocenters. The smallest absolute Gasteiger partial charge is 0.138 e. The summed E-state index contributed by atoms with van der Waals surface area (Å²) in [6, 6.07) is 20.4. The standard InChI is InChI=1S/C34H46N8O2/c1-39(2)19-27(20-40(3)4)43-25-13-15-29-31(17-25)37-33(35-29)23-9-11-24(12-10-23)34-36-30-16-14-26(18-32(30)38-34)44-28(21-41(5)6)22-42(7)8/h9-18,27-28H,19-22H2,1-8H3,(H,35,37)(H,36,38). The number of nitrogens with one attached hydrogen (secondary N) is 2. The highest BCUT2D eigenvalue weighted by Crippen LogP contribution is 2.28. The molecule has 0 saturated carbocycles. The predicted octanol–water partition coefficient (Wildman–Crippen LogP) is 4.51. The maximum atomic E-state index is 6.35. The minimum atomic E-state index is 0.0628. The van der Waals surface area contributed by atoms with E-state index in [1.807, 2.05) is 36.4 Å². The van der Waals surface area contributed by atoms with Gasteiger partial charge in [0.2, 0.25) is 0 Å². The number of imidazole rings is 2. The Morgan fingerprint density at radius 3 is 1.18 bits per heavy atom. The summed E-state index contributed by atoms with van der Waals surface area (Å²) in [6.07, 6.45) is 0.126. The first-order chi connectivity index (χ1) is 21.0. The molecule has 2 heterocycles. The Kier molecular flexibility index (Phi) is 9.85. The van der Waals surface area contributed by atoms with E-state index >= 15 is 0 Å². The van der Waals surface area contributed by atoms with Gasteiger partial charge in [-0.05, 0) is 80.6 Å². The fraction of sp³-hybridized carbons (Fsp3) is 0.412. The van der Waals surface area contributed by atoms with Crippen LogP contribution in [0.2, 0.25) is 0 Å². The van der Waals surface area contributed by atoms with Crippen LogP contribution in [0.5, 0.6) is 11.5 Å². The third kappa shape index (κ3) is 8.15. The summed E-state index contributed by atoms with van der Waals surface area (Å²) >= 11 is 0. The zero-order valence-electron chi connectivity index (χ0n) is 27.3. The van der Waals surface area contributed by atoms with E-state index in [0.717, 1.165) is 82.5 Å². The van der Waals surface area contributed by atoms with Crippen molar-refractivity contribution in [2.75, 3.05) is 82.6 Å². The summed E-state index contributed by atoms with van der Waals surface area (Å²) in [7, 11) is 16.5. The molecule has 0 fully saturated rings. The van der Waals surface area contributed by atoms with E-state index in [1.54, 1.807) is 0 Å². The van der Waals surface area contributed by atoms with Gasteiger partial charge < -0.3 is 39.0 Å². The van der Waals surface area contributed by atoms with Crippen molar-refractivity contribution in [2.24, 2.45) is 0 Å². The Balaban J connectivity index is 1.30. The molecule has 10 heteroatoms. The molecule has 0 unspecified atom stereocenters. The third-order valence-electron chi connectivity index (χ3n) is 7.22. The van der Waals surface area contributed by atoms with Crippen molar-refractivity contribution in [3.05, 3.63) is 60.7 Å². The first-order valence-corrected chi connectivity index (χ1v) is 15.0. The Morgan fingerprint density at radius 2 is 0.864 bits per heavy atom. The number of rotatable bonds is 14. The second kappa shape index (κ2) is 13.8. The van der Waals surface area contributed by atoms with Gasteiger partial charge in [0.1, 0.15) is 35.4 Å². The highest BCUT2D eigenvalue weighted by molar-refractivity contribution is 5.82. The summed E-state index contributed by atoms with van der Waals surface area (Å²) in [5, 5.41) is 0. The van der Waals surface area contributed by atoms with Crippen molar-refractivity contribution < 1.29 is 9.47 Å². The predicted molar refractivity (Wildman–Crippen MR) is 180 cm³/mol. The zero-order chi connectivity index (χ0) is 31.4. The third-order valence-corrected chi connectivity index (χ3v) is 7.22. The maximum absolute atomic E-state index is 6.35. The van der Waals surface area contributed by atoms with Crippen LogP contribution in [0.1, 0.15) is 0 Å². The molecule has 2 N–H and O–H groups in total. The number of hydrogen-bond donors (Lipinski definition) is 2. The Bertz CT molecular complexity index is 1510. The van der Waals surface area contributed by atoms with Crippen LogP contribution in [0.15, 0.2) is 60.7 Å². The minimum absolute atomic E-state index is 0.0628. The number of likely N-dealkylation sites (N-methyl/N-ethyl adjacent to an activating group) is 4. The molecule has 0 saturated heterocycles. The van der Waals surface area contributed by atoms with Crippen LogP contribution in [-0.4, -0.2) is 134 Å². The fourth-order valence-electron chi connectivity index (χ4n) is 5.46. The normalized spacial score (nSPS) is 12.3. The molecule has 0 spiro atoms. The first kappa shape index (κ1) is 31.5. The van der Waals surface area contributed by atoms with Crippen LogP contribution >= 0.6 is 0 Å². The van der Waals surface area contributed by atoms with E-state index in [1.165, 1.54) is 0 Å². The van der Waals surface area contributed by atoms with Crippen LogP contribution in [0.3, 0.4) is 0 Å². The quantitative estimate of drug-likeness (QED) is 0.193. The number of fused-ring (bicyclic) bond motifs is 2. The molecular formula is C34H46N8O2. The second-order valence-electron chi connectivity index (χ2n) is 12.6. The van der Waals surface area contributed by atoms with Gasteiger partial charge in [-0.2, -0.15) is 0 Å². The van der Waals surface area contributed by atoms with Gasteiger partial charge in [-0.15, -0.1) is 0 Å². The van der Waals surface area contributed by atoms with Crippen LogP contribution < -0.4 is 9.47 Å². The van der Waals surface area contributed by atoms with E-state index in [-0.39, 0.29) is 12.2 Å². The van der Waals surface area contributed by atoms with Crippen LogP contribution in [0.25, 0.3) is 44.8 Å². The second-order valence-corrected chi connectivity index (χ2v) is 12.6. The summed E-state index contributed by atoms with van der Waals surface area (Å²) in [5.41, 5.74) is 5.71. The monoisotopic (exact) mass is 598 g/mol. The molecule has 5 aromatic rings. The molecule has 0 aliphatic rings. The van der Waals surface area contributed by atoms with Crippen LogP contribution in [0.4, 0.5) is 0 Å². The summed E-state index contributed by atoms with van der Waals surface area (Å²) in [4.78, 5) is 25.2. The minimum Gasteiger partial charge on any atom is -0.488 e. The fourth-order valence-corrected chi connectivity index (χ4v) is 5.46. The highest BCUT2D eigenvalue weighted by Gasteiger charge is 2.16. The van der Waals surface area contributed by atoms with Gasteiger partial charge in [-0.25, -0.2) is 9.97 Å². The van der Waals surface area contributed by atoms with Crippen LogP contribution in [0, 0.1) is 0 Å². The Morgan fingerprint density at radius 1 is 0.523 bits per heavy atom. The number of hydrogen-bond acceptors (Lipinski definition) is 8. The van der Waals surface area contributed by atoms with Crippen molar-refractivity contribution in [3.8, 4) is 34.3 Å². The maximum Gasteiger partial charge on any atom is 0.138 e. The van der Waals surface area contributed by atoms with Crippen molar-refractivity contribution in [1.29, 1.82) is 0 Å². The van der Waals surface area contributed by atoms with Gasteiger partial charge in [0.15, 0.2) is 0 Å². The molecule has 234 valence electrons. The van der Waals surface area contributed by atoms with E-state index in [9.17, 15) is 0 Å².